The first-order chi connectivity index (χ1) is 12.8. The number of rotatable bonds is 4. The van der Waals surface area contributed by atoms with Gasteiger partial charge in [-0.2, -0.15) is 0 Å². The normalized spacial score (nSPS) is 20.6. The minimum absolute atomic E-state index is 0.280. The molecule has 0 unspecified atom stereocenters. The van der Waals surface area contributed by atoms with Crippen LogP contribution in [0, 0.1) is 0 Å². The van der Waals surface area contributed by atoms with Crippen LogP contribution in [0.15, 0.2) is 48.8 Å². The number of amides is 1. The predicted molar refractivity (Wildman–Crippen MR) is 103 cm³/mol. The fraction of sp³-hybridized carbons (Fsp3) is 0.455. The topological polar surface area (TPSA) is 36.4 Å². The molecule has 1 saturated heterocycles. The molecule has 0 radical (unpaired) electrons. The summed E-state index contributed by atoms with van der Waals surface area (Å²) in [6, 6.07) is 13.5. The molecule has 2 heterocycles. The molecule has 2 aromatic rings. The van der Waals surface area contributed by atoms with Crippen molar-refractivity contribution in [1.82, 2.24) is 14.8 Å². The zero-order valence-electron chi connectivity index (χ0n) is 15.3. The first-order valence-corrected chi connectivity index (χ1v) is 9.77. The van der Waals surface area contributed by atoms with Crippen LogP contribution in [0.5, 0.6) is 0 Å². The summed E-state index contributed by atoms with van der Waals surface area (Å²) in [6.45, 7) is 3.74. The summed E-state index contributed by atoms with van der Waals surface area (Å²) in [4.78, 5) is 21.3. The van der Waals surface area contributed by atoms with Gasteiger partial charge in [0.05, 0.1) is 0 Å². The summed E-state index contributed by atoms with van der Waals surface area (Å²) in [5, 5.41) is 0. The molecular weight excluding hydrogens is 322 g/mol. The molecular formula is C22H27N3O. The molecule has 1 aliphatic heterocycles. The van der Waals surface area contributed by atoms with E-state index in [9.17, 15) is 4.79 Å². The van der Waals surface area contributed by atoms with Crippen LogP contribution in [0.2, 0.25) is 0 Å². The predicted octanol–water partition coefficient (Wildman–Crippen LogP) is 2.72. The molecule has 4 nitrogen and oxygen atoms in total. The van der Waals surface area contributed by atoms with Crippen LogP contribution in [0.4, 0.5) is 0 Å². The van der Waals surface area contributed by atoms with Gasteiger partial charge in [-0.1, -0.05) is 30.3 Å². The summed E-state index contributed by atoms with van der Waals surface area (Å²) in [5.41, 5.74) is 4.17. The Morgan fingerprint density at radius 2 is 1.85 bits per heavy atom. The van der Waals surface area contributed by atoms with Gasteiger partial charge in [-0.25, -0.2) is 0 Å². The van der Waals surface area contributed by atoms with Gasteiger partial charge in [0.2, 0.25) is 5.91 Å². The first kappa shape index (κ1) is 17.2. The number of aryl methyl sites for hydroxylation is 2. The Morgan fingerprint density at radius 1 is 1.04 bits per heavy atom. The van der Waals surface area contributed by atoms with Gasteiger partial charge < -0.3 is 4.90 Å². The van der Waals surface area contributed by atoms with Crippen LogP contribution >= 0.6 is 0 Å². The lowest BCUT2D eigenvalue weighted by atomic mass is 9.87. The monoisotopic (exact) mass is 349 g/mol. The molecule has 0 saturated carbocycles. The SMILES string of the molecule is O=C(CCc1cccnc1)N1CCN([C@@H]2CCc3ccccc3C2)CC1. The number of hydrogen-bond acceptors (Lipinski definition) is 3. The van der Waals surface area contributed by atoms with Crippen molar-refractivity contribution < 1.29 is 4.79 Å². The van der Waals surface area contributed by atoms with Crippen molar-refractivity contribution in [1.29, 1.82) is 0 Å². The number of fused-ring (bicyclic) bond motifs is 1. The smallest absolute Gasteiger partial charge is 0.222 e. The number of nitrogens with zero attached hydrogens (tertiary/aromatic N) is 3. The second kappa shape index (κ2) is 8.00. The second-order valence-corrected chi connectivity index (χ2v) is 7.44. The number of benzene rings is 1. The van der Waals surface area contributed by atoms with E-state index < -0.39 is 0 Å². The van der Waals surface area contributed by atoms with Crippen molar-refractivity contribution in [3.63, 3.8) is 0 Å². The van der Waals surface area contributed by atoms with E-state index in [0.29, 0.717) is 12.5 Å². The van der Waals surface area contributed by atoms with Crippen molar-refractivity contribution in [2.45, 2.75) is 38.1 Å². The number of carbonyl (C=O) groups is 1. The van der Waals surface area contributed by atoms with Crippen molar-refractivity contribution >= 4 is 5.91 Å². The van der Waals surface area contributed by atoms with E-state index in [1.165, 1.54) is 24.0 Å². The van der Waals surface area contributed by atoms with Crippen LogP contribution in [0.25, 0.3) is 0 Å². The molecule has 1 aromatic heterocycles. The summed E-state index contributed by atoms with van der Waals surface area (Å²) in [5.74, 6) is 0.280. The zero-order valence-corrected chi connectivity index (χ0v) is 15.3. The van der Waals surface area contributed by atoms with Gasteiger partial charge in [-0.3, -0.25) is 14.7 Å². The third-order valence-corrected chi connectivity index (χ3v) is 5.85. The van der Waals surface area contributed by atoms with Gasteiger partial charge in [0, 0.05) is 51.0 Å². The summed E-state index contributed by atoms with van der Waals surface area (Å²) in [7, 11) is 0. The summed E-state index contributed by atoms with van der Waals surface area (Å²) in [6.07, 6.45) is 8.58. The van der Waals surface area contributed by atoms with Crippen LogP contribution in [-0.4, -0.2) is 52.9 Å². The molecule has 1 fully saturated rings. The van der Waals surface area contributed by atoms with Crippen LogP contribution in [0.3, 0.4) is 0 Å². The minimum atomic E-state index is 0.280. The van der Waals surface area contributed by atoms with Crippen molar-refractivity contribution in [3.8, 4) is 0 Å². The molecule has 0 bridgehead atoms. The van der Waals surface area contributed by atoms with Crippen molar-refractivity contribution in [3.05, 3.63) is 65.5 Å². The van der Waals surface area contributed by atoms with Gasteiger partial charge in [-0.05, 0) is 48.4 Å². The number of carbonyl (C=O) groups excluding carboxylic acids is 1. The van der Waals surface area contributed by atoms with Crippen molar-refractivity contribution in [2.75, 3.05) is 26.2 Å². The number of hydrogen-bond donors (Lipinski definition) is 0. The van der Waals surface area contributed by atoms with Crippen molar-refractivity contribution in [2.24, 2.45) is 0 Å². The van der Waals surface area contributed by atoms with E-state index >= 15 is 0 Å². The lowest BCUT2D eigenvalue weighted by molar-refractivity contribution is -0.133. The second-order valence-electron chi connectivity index (χ2n) is 7.44. The van der Waals surface area contributed by atoms with E-state index in [4.69, 9.17) is 0 Å². The molecule has 4 heteroatoms. The Bertz CT molecular complexity index is 738. The third-order valence-electron chi connectivity index (χ3n) is 5.85. The zero-order chi connectivity index (χ0) is 17.8. The Balaban J connectivity index is 1.26. The quantitative estimate of drug-likeness (QED) is 0.852. The van der Waals surface area contributed by atoms with E-state index in [1.807, 2.05) is 23.2 Å². The maximum atomic E-state index is 12.5. The summed E-state index contributed by atoms with van der Waals surface area (Å²) >= 11 is 0. The standard InChI is InChI=1S/C22H27N3O/c26-22(10-7-18-4-3-11-23-17-18)25-14-12-24(13-15-25)21-9-8-19-5-1-2-6-20(19)16-21/h1-6,11,17,21H,7-10,12-16H2/t21-/m1/s1. The van der Waals surface area contributed by atoms with Gasteiger partial charge in [0.25, 0.3) is 0 Å². The molecule has 1 aliphatic carbocycles. The highest BCUT2D eigenvalue weighted by molar-refractivity contribution is 5.76. The Labute approximate surface area is 155 Å². The highest BCUT2D eigenvalue weighted by atomic mass is 16.2. The highest BCUT2D eigenvalue weighted by Crippen LogP contribution is 2.25. The maximum absolute atomic E-state index is 12.5. The van der Waals surface area contributed by atoms with Gasteiger partial charge >= 0.3 is 0 Å². The van der Waals surface area contributed by atoms with E-state index in [2.05, 4.69) is 34.1 Å². The molecule has 4 rings (SSSR count). The third kappa shape index (κ3) is 3.96. The first-order valence-electron chi connectivity index (χ1n) is 9.77. The molecule has 1 atom stereocenters. The van der Waals surface area contributed by atoms with Crippen LogP contribution < -0.4 is 0 Å². The molecule has 2 aliphatic rings. The highest BCUT2D eigenvalue weighted by Gasteiger charge is 2.28. The van der Waals surface area contributed by atoms with Crippen LogP contribution in [0.1, 0.15) is 29.5 Å². The van der Waals surface area contributed by atoms with Crippen LogP contribution in [-0.2, 0) is 24.1 Å². The molecule has 1 amide bonds. The minimum Gasteiger partial charge on any atom is -0.340 e. The Kier molecular flexibility index (Phi) is 5.30. The number of aromatic nitrogens is 1. The lowest BCUT2D eigenvalue weighted by Crippen LogP contribution is -2.53. The van der Waals surface area contributed by atoms with Gasteiger partial charge in [-0.15, -0.1) is 0 Å². The lowest BCUT2D eigenvalue weighted by Gasteiger charge is -2.41. The molecule has 0 N–H and O–H groups in total. The average Bonchev–Trinajstić information content (AvgIpc) is 2.72. The van der Waals surface area contributed by atoms with Gasteiger partial charge in [0.15, 0.2) is 0 Å². The molecule has 26 heavy (non-hydrogen) atoms. The molecule has 136 valence electrons. The van der Waals surface area contributed by atoms with E-state index in [0.717, 1.165) is 44.6 Å². The Morgan fingerprint density at radius 3 is 2.62 bits per heavy atom. The number of pyridine rings is 1. The number of piperazine rings is 1. The maximum Gasteiger partial charge on any atom is 0.222 e. The molecule has 0 spiro atoms. The van der Waals surface area contributed by atoms with E-state index in [-0.39, 0.29) is 5.91 Å². The fourth-order valence-corrected chi connectivity index (χ4v) is 4.28. The molecule has 1 aromatic carbocycles. The fourth-order valence-electron chi connectivity index (χ4n) is 4.28. The van der Waals surface area contributed by atoms with Gasteiger partial charge in [0.1, 0.15) is 0 Å². The average molecular weight is 349 g/mol. The Hall–Kier alpha value is -2.20. The summed E-state index contributed by atoms with van der Waals surface area (Å²) < 4.78 is 0. The van der Waals surface area contributed by atoms with E-state index in [1.54, 1.807) is 6.20 Å². The largest absolute Gasteiger partial charge is 0.340 e.